The lowest BCUT2D eigenvalue weighted by Gasteiger charge is -2.17. The maximum absolute atomic E-state index is 12.5. The zero-order valence-electron chi connectivity index (χ0n) is 10.2. The highest BCUT2D eigenvalue weighted by atomic mass is 127. The Hall–Kier alpha value is -0.980. The van der Waals surface area contributed by atoms with Crippen LogP contribution in [0.25, 0.3) is 11.0 Å². The topological polar surface area (TPSA) is 47.8 Å². The van der Waals surface area contributed by atoms with Gasteiger partial charge in [0.2, 0.25) is 0 Å². The maximum Gasteiger partial charge on any atom is 0.266 e. The van der Waals surface area contributed by atoms with E-state index in [0.717, 1.165) is 33.0 Å². The lowest BCUT2D eigenvalue weighted by atomic mass is 10.1. The van der Waals surface area contributed by atoms with Crippen molar-refractivity contribution in [1.29, 1.82) is 0 Å². The van der Waals surface area contributed by atoms with Gasteiger partial charge in [0.05, 0.1) is 3.57 Å². The number of aromatic nitrogens is 3. The summed E-state index contributed by atoms with van der Waals surface area (Å²) in [6, 6.07) is 0.309. The summed E-state index contributed by atoms with van der Waals surface area (Å²) in [7, 11) is 0. The fourth-order valence-electron chi connectivity index (χ4n) is 2.76. The highest BCUT2D eigenvalue weighted by Gasteiger charge is 2.22. The summed E-state index contributed by atoms with van der Waals surface area (Å²) in [5.41, 5.74) is 1.89. The summed E-state index contributed by atoms with van der Waals surface area (Å²) in [4.78, 5) is 20.9. The van der Waals surface area contributed by atoms with Gasteiger partial charge in [-0.2, -0.15) is 0 Å². The largest absolute Gasteiger partial charge is 0.289 e. The lowest BCUT2D eigenvalue weighted by Crippen LogP contribution is -2.27. The van der Waals surface area contributed by atoms with E-state index in [1.807, 2.05) is 17.7 Å². The van der Waals surface area contributed by atoms with Crippen LogP contribution in [-0.2, 0) is 0 Å². The predicted molar refractivity (Wildman–Crippen MR) is 78.8 cm³/mol. The third kappa shape index (κ3) is 1.75. The van der Waals surface area contributed by atoms with Gasteiger partial charge in [0.25, 0.3) is 5.56 Å². The molecule has 2 aromatic heterocycles. The molecule has 0 N–H and O–H groups in total. The summed E-state index contributed by atoms with van der Waals surface area (Å²) in [6.07, 6.45) is 7.91. The van der Waals surface area contributed by atoms with Crippen LogP contribution in [0, 0.1) is 10.5 Å². The van der Waals surface area contributed by atoms with Crippen LogP contribution in [0.3, 0.4) is 0 Å². The van der Waals surface area contributed by atoms with Crippen LogP contribution in [0.1, 0.15) is 37.3 Å². The molecule has 4 nitrogen and oxygen atoms in total. The maximum atomic E-state index is 12.5. The summed E-state index contributed by atoms with van der Waals surface area (Å²) in [5.74, 6) is 0. The van der Waals surface area contributed by atoms with E-state index in [1.54, 1.807) is 0 Å². The number of rotatable bonds is 1. The van der Waals surface area contributed by atoms with Gasteiger partial charge in [0, 0.05) is 17.6 Å². The Morgan fingerprint density at radius 3 is 2.83 bits per heavy atom. The Balaban J connectivity index is 2.38. The number of hydrogen-bond donors (Lipinski definition) is 0. The van der Waals surface area contributed by atoms with Crippen LogP contribution < -0.4 is 5.56 Å². The van der Waals surface area contributed by atoms with Crippen molar-refractivity contribution in [3.8, 4) is 0 Å². The average molecular weight is 355 g/mol. The molecule has 0 unspecified atom stereocenters. The van der Waals surface area contributed by atoms with E-state index < -0.39 is 0 Å². The highest BCUT2D eigenvalue weighted by Crippen LogP contribution is 2.31. The van der Waals surface area contributed by atoms with Crippen molar-refractivity contribution in [2.45, 2.75) is 38.6 Å². The van der Waals surface area contributed by atoms with E-state index in [4.69, 9.17) is 0 Å². The van der Waals surface area contributed by atoms with Crippen molar-refractivity contribution in [3.05, 3.63) is 32.0 Å². The van der Waals surface area contributed by atoms with Crippen molar-refractivity contribution in [2.75, 3.05) is 0 Å². The molecule has 5 heteroatoms. The summed E-state index contributed by atoms with van der Waals surface area (Å²) in [6.45, 7) is 1.97. The molecular formula is C13H14IN3O. The molecule has 3 rings (SSSR count). The van der Waals surface area contributed by atoms with Crippen molar-refractivity contribution in [1.82, 2.24) is 14.5 Å². The van der Waals surface area contributed by atoms with Gasteiger partial charge in [0.15, 0.2) is 0 Å². The Morgan fingerprint density at radius 2 is 2.11 bits per heavy atom. The average Bonchev–Trinajstić information content (AvgIpc) is 2.90. The highest BCUT2D eigenvalue weighted by molar-refractivity contribution is 14.1. The number of halogens is 1. The third-order valence-electron chi connectivity index (χ3n) is 3.75. The first kappa shape index (κ1) is 12.1. The standard InChI is InChI=1S/C13H14IN3O/c1-8-10-6-15-7-16-12(10)17(13(18)11(8)14)9-4-2-3-5-9/h6-7,9H,2-5H2,1H3. The molecule has 0 amide bonds. The molecule has 2 aromatic rings. The van der Waals surface area contributed by atoms with Crippen LogP contribution in [0.4, 0.5) is 0 Å². The Morgan fingerprint density at radius 1 is 1.39 bits per heavy atom. The molecule has 0 atom stereocenters. The SMILES string of the molecule is Cc1c(I)c(=O)n(C2CCCC2)c2ncncc12. The first-order valence-corrected chi connectivity index (χ1v) is 7.28. The molecule has 1 aliphatic carbocycles. The van der Waals surface area contributed by atoms with Gasteiger partial charge in [0.1, 0.15) is 12.0 Å². The molecule has 1 fully saturated rings. The Labute approximate surface area is 119 Å². The quantitative estimate of drug-likeness (QED) is 0.740. The first-order valence-electron chi connectivity index (χ1n) is 6.20. The van der Waals surface area contributed by atoms with Gasteiger partial charge >= 0.3 is 0 Å². The Bertz CT molecular complexity index is 659. The molecule has 0 saturated heterocycles. The number of nitrogens with zero attached hydrogens (tertiary/aromatic N) is 3. The third-order valence-corrected chi connectivity index (χ3v) is 5.02. The molecule has 94 valence electrons. The molecule has 18 heavy (non-hydrogen) atoms. The normalized spacial score (nSPS) is 16.6. The van der Waals surface area contributed by atoms with E-state index in [2.05, 4.69) is 32.6 Å². The fraction of sp³-hybridized carbons (Fsp3) is 0.462. The second-order valence-electron chi connectivity index (χ2n) is 4.81. The van der Waals surface area contributed by atoms with Crippen LogP contribution in [-0.4, -0.2) is 14.5 Å². The molecule has 0 bridgehead atoms. The minimum Gasteiger partial charge on any atom is -0.289 e. The van der Waals surface area contributed by atoms with Gasteiger partial charge in [-0.05, 0) is 47.9 Å². The van der Waals surface area contributed by atoms with Crippen molar-refractivity contribution in [2.24, 2.45) is 0 Å². The number of aryl methyl sites for hydroxylation is 1. The van der Waals surface area contributed by atoms with Crippen LogP contribution >= 0.6 is 22.6 Å². The fourth-order valence-corrected chi connectivity index (χ4v) is 3.31. The Kier molecular flexibility index (Phi) is 3.09. The molecule has 0 aliphatic heterocycles. The van der Waals surface area contributed by atoms with E-state index in [0.29, 0.717) is 6.04 Å². The molecule has 0 spiro atoms. The molecule has 1 saturated carbocycles. The number of hydrogen-bond acceptors (Lipinski definition) is 3. The minimum atomic E-state index is 0.103. The van der Waals surface area contributed by atoms with Gasteiger partial charge < -0.3 is 0 Å². The van der Waals surface area contributed by atoms with E-state index in [-0.39, 0.29) is 5.56 Å². The van der Waals surface area contributed by atoms with Crippen molar-refractivity contribution < 1.29 is 0 Å². The number of pyridine rings is 1. The predicted octanol–water partition coefficient (Wildman–Crippen LogP) is 2.82. The zero-order chi connectivity index (χ0) is 12.7. The molecule has 0 aromatic carbocycles. The van der Waals surface area contributed by atoms with Crippen LogP contribution in [0.5, 0.6) is 0 Å². The van der Waals surface area contributed by atoms with Crippen LogP contribution in [0.15, 0.2) is 17.3 Å². The zero-order valence-corrected chi connectivity index (χ0v) is 12.3. The van der Waals surface area contributed by atoms with Gasteiger partial charge in [-0.3, -0.25) is 9.36 Å². The summed E-state index contributed by atoms with van der Waals surface area (Å²) < 4.78 is 2.68. The van der Waals surface area contributed by atoms with E-state index >= 15 is 0 Å². The smallest absolute Gasteiger partial charge is 0.266 e. The molecule has 2 heterocycles. The summed E-state index contributed by atoms with van der Waals surface area (Å²) >= 11 is 2.14. The molecule has 0 radical (unpaired) electrons. The lowest BCUT2D eigenvalue weighted by molar-refractivity contribution is 0.513. The number of fused-ring (bicyclic) bond motifs is 1. The molecule has 1 aliphatic rings. The van der Waals surface area contributed by atoms with Gasteiger partial charge in [-0.15, -0.1) is 0 Å². The monoisotopic (exact) mass is 355 g/mol. The van der Waals surface area contributed by atoms with Gasteiger partial charge in [-0.25, -0.2) is 9.97 Å². The van der Waals surface area contributed by atoms with E-state index in [1.165, 1.54) is 19.2 Å². The summed E-state index contributed by atoms with van der Waals surface area (Å²) in [5, 5.41) is 0.994. The van der Waals surface area contributed by atoms with Crippen molar-refractivity contribution in [3.63, 3.8) is 0 Å². The van der Waals surface area contributed by atoms with Gasteiger partial charge in [-0.1, -0.05) is 12.8 Å². The molecular weight excluding hydrogens is 341 g/mol. The minimum absolute atomic E-state index is 0.103. The first-order chi connectivity index (χ1) is 8.70. The second-order valence-corrected chi connectivity index (χ2v) is 5.89. The van der Waals surface area contributed by atoms with Crippen LogP contribution in [0.2, 0.25) is 0 Å². The van der Waals surface area contributed by atoms with Crippen molar-refractivity contribution >= 4 is 33.6 Å². The second kappa shape index (κ2) is 4.60. The van der Waals surface area contributed by atoms with E-state index in [9.17, 15) is 4.79 Å².